The van der Waals surface area contributed by atoms with Gasteiger partial charge in [0.2, 0.25) is 0 Å². The van der Waals surface area contributed by atoms with Crippen molar-refractivity contribution in [3.8, 4) is 17.2 Å². The van der Waals surface area contributed by atoms with E-state index in [-0.39, 0.29) is 11.3 Å². The molecule has 0 unspecified atom stereocenters. The van der Waals surface area contributed by atoms with Gasteiger partial charge in [-0.3, -0.25) is 4.79 Å². The van der Waals surface area contributed by atoms with Crippen molar-refractivity contribution in [3.05, 3.63) is 48.0 Å². The number of hydrogen-bond donors (Lipinski definition) is 2. The number of hydrogen-bond acceptors (Lipinski definition) is 4. The highest BCUT2D eigenvalue weighted by molar-refractivity contribution is 5.97. The van der Waals surface area contributed by atoms with Crippen LogP contribution in [0.15, 0.2) is 42.5 Å². The summed E-state index contributed by atoms with van der Waals surface area (Å²) in [6, 6.07) is 12.1. The maximum absolute atomic E-state index is 11.5. The number of carbonyl (C=O) groups excluding carboxylic acids is 1. The summed E-state index contributed by atoms with van der Waals surface area (Å²) in [7, 11) is 0. The lowest BCUT2D eigenvalue weighted by Crippen LogP contribution is -2.13. The minimum absolute atomic E-state index is 0.236. The van der Waals surface area contributed by atoms with Crippen molar-refractivity contribution in [2.45, 2.75) is 13.3 Å². The molecule has 0 saturated heterocycles. The predicted molar refractivity (Wildman–Crippen MR) is 81.7 cm³/mol. The second kappa shape index (κ2) is 6.65. The number of ether oxygens (including phenoxy) is 2. The minimum atomic E-state index is -0.593. The van der Waals surface area contributed by atoms with Crippen molar-refractivity contribution >= 4 is 11.6 Å². The van der Waals surface area contributed by atoms with Gasteiger partial charge in [-0.25, -0.2) is 0 Å². The van der Waals surface area contributed by atoms with Gasteiger partial charge in [-0.2, -0.15) is 0 Å². The van der Waals surface area contributed by atoms with Gasteiger partial charge in [-0.1, -0.05) is 25.1 Å². The number of nitrogen functional groups attached to an aromatic ring is 1. The van der Waals surface area contributed by atoms with Crippen LogP contribution in [0, 0.1) is 0 Å². The van der Waals surface area contributed by atoms with E-state index in [2.05, 4.69) is 0 Å². The molecule has 110 valence electrons. The fraction of sp³-hybridized carbons (Fsp3) is 0.188. The number of amides is 1. The van der Waals surface area contributed by atoms with E-state index in [1.165, 1.54) is 0 Å². The molecule has 0 atom stereocenters. The largest absolute Gasteiger partial charge is 0.490 e. The molecule has 0 spiro atoms. The monoisotopic (exact) mass is 286 g/mol. The maximum Gasteiger partial charge on any atom is 0.252 e. The van der Waals surface area contributed by atoms with Crippen LogP contribution in [0.5, 0.6) is 17.2 Å². The van der Waals surface area contributed by atoms with E-state index in [1.807, 2.05) is 19.1 Å². The van der Waals surface area contributed by atoms with Crippen LogP contribution in [0.4, 0.5) is 5.69 Å². The van der Waals surface area contributed by atoms with E-state index in [1.54, 1.807) is 30.3 Å². The van der Waals surface area contributed by atoms with Crippen LogP contribution in [-0.4, -0.2) is 12.5 Å². The number of benzene rings is 2. The Balaban J connectivity index is 2.37. The van der Waals surface area contributed by atoms with Crippen LogP contribution in [0.25, 0.3) is 0 Å². The van der Waals surface area contributed by atoms with Gasteiger partial charge < -0.3 is 20.9 Å². The standard InChI is InChI=1S/C16H18N2O3/c1-2-10-20-13-8-3-4-9-14(13)21-15-11(16(18)19)6-5-7-12(15)17/h3-9H,2,10,17H2,1H3,(H2,18,19). The first-order valence-corrected chi connectivity index (χ1v) is 6.71. The lowest BCUT2D eigenvalue weighted by atomic mass is 10.1. The molecule has 1 amide bonds. The first-order valence-electron chi connectivity index (χ1n) is 6.71. The summed E-state index contributed by atoms with van der Waals surface area (Å²) >= 11 is 0. The third-order valence-corrected chi connectivity index (χ3v) is 2.83. The molecule has 0 aromatic heterocycles. The number of rotatable bonds is 6. The van der Waals surface area contributed by atoms with Crippen LogP contribution < -0.4 is 20.9 Å². The molecule has 21 heavy (non-hydrogen) atoms. The van der Waals surface area contributed by atoms with Crippen molar-refractivity contribution in [1.82, 2.24) is 0 Å². The Bertz CT molecular complexity index is 641. The highest BCUT2D eigenvalue weighted by atomic mass is 16.5. The number of nitrogens with two attached hydrogens (primary N) is 2. The number of primary amides is 1. The second-order valence-electron chi connectivity index (χ2n) is 4.49. The van der Waals surface area contributed by atoms with Crippen molar-refractivity contribution in [2.24, 2.45) is 5.73 Å². The molecular formula is C16H18N2O3. The van der Waals surface area contributed by atoms with E-state index in [9.17, 15) is 4.79 Å². The number of carbonyl (C=O) groups is 1. The summed E-state index contributed by atoms with van der Waals surface area (Å²) in [5.74, 6) is 0.742. The Morgan fingerprint density at radius 1 is 1.10 bits per heavy atom. The topological polar surface area (TPSA) is 87.6 Å². The zero-order valence-electron chi connectivity index (χ0n) is 11.8. The van der Waals surface area contributed by atoms with Gasteiger partial charge in [0, 0.05) is 0 Å². The van der Waals surface area contributed by atoms with Gasteiger partial charge in [0.05, 0.1) is 17.9 Å². The zero-order chi connectivity index (χ0) is 15.2. The zero-order valence-corrected chi connectivity index (χ0v) is 11.8. The summed E-state index contributed by atoms with van der Waals surface area (Å²) in [6.07, 6.45) is 0.883. The summed E-state index contributed by atoms with van der Waals surface area (Å²) < 4.78 is 11.4. The highest BCUT2D eigenvalue weighted by Gasteiger charge is 2.15. The molecule has 2 rings (SSSR count). The van der Waals surface area contributed by atoms with E-state index in [0.29, 0.717) is 23.8 Å². The number of anilines is 1. The van der Waals surface area contributed by atoms with Crippen LogP contribution in [0.2, 0.25) is 0 Å². The van der Waals surface area contributed by atoms with E-state index in [4.69, 9.17) is 20.9 Å². The smallest absolute Gasteiger partial charge is 0.252 e. The summed E-state index contributed by atoms with van der Waals surface area (Å²) in [5.41, 5.74) is 11.8. The first-order chi connectivity index (χ1) is 10.1. The molecule has 2 aromatic carbocycles. The molecule has 0 aliphatic heterocycles. The summed E-state index contributed by atoms with van der Waals surface area (Å²) in [4.78, 5) is 11.5. The van der Waals surface area contributed by atoms with Crippen LogP contribution >= 0.6 is 0 Å². The van der Waals surface area contributed by atoms with E-state index < -0.39 is 5.91 Å². The molecule has 0 bridgehead atoms. The van der Waals surface area contributed by atoms with Gasteiger partial charge >= 0.3 is 0 Å². The lowest BCUT2D eigenvalue weighted by Gasteiger charge is -2.15. The lowest BCUT2D eigenvalue weighted by molar-refractivity contribution is 0.0998. The van der Waals surface area contributed by atoms with Crippen molar-refractivity contribution in [1.29, 1.82) is 0 Å². The van der Waals surface area contributed by atoms with Crippen LogP contribution in [-0.2, 0) is 0 Å². The fourth-order valence-corrected chi connectivity index (χ4v) is 1.84. The van der Waals surface area contributed by atoms with Crippen LogP contribution in [0.3, 0.4) is 0 Å². The van der Waals surface area contributed by atoms with Crippen molar-refractivity contribution < 1.29 is 14.3 Å². The average Bonchev–Trinajstić information content (AvgIpc) is 2.48. The Morgan fingerprint density at radius 2 is 1.81 bits per heavy atom. The third-order valence-electron chi connectivity index (χ3n) is 2.83. The number of para-hydroxylation sites is 3. The van der Waals surface area contributed by atoms with Gasteiger partial charge in [0.25, 0.3) is 5.91 Å². The average molecular weight is 286 g/mol. The molecule has 0 aliphatic rings. The molecule has 0 aliphatic carbocycles. The molecule has 2 aromatic rings. The maximum atomic E-state index is 11.5. The molecule has 0 heterocycles. The molecule has 5 heteroatoms. The normalized spacial score (nSPS) is 10.1. The Morgan fingerprint density at radius 3 is 2.48 bits per heavy atom. The summed E-state index contributed by atoms with van der Waals surface area (Å²) in [5, 5.41) is 0. The Hall–Kier alpha value is -2.69. The molecule has 0 radical (unpaired) electrons. The third kappa shape index (κ3) is 3.45. The van der Waals surface area contributed by atoms with Gasteiger partial charge in [0.15, 0.2) is 17.2 Å². The molecular weight excluding hydrogens is 268 g/mol. The van der Waals surface area contributed by atoms with Gasteiger partial charge in [-0.05, 0) is 30.7 Å². The predicted octanol–water partition coefficient (Wildman–Crippen LogP) is 2.95. The molecule has 5 nitrogen and oxygen atoms in total. The van der Waals surface area contributed by atoms with Crippen molar-refractivity contribution in [3.63, 3.8) is 0 Å². The Kier molecular flexibility index (Phi) is 4.66. The van der Waals surface area contributed by atoms with E-state index >= 15 is 0 Å². The SMILES string of the molecule is CCCOc1ccccc1Oc1c(N)cccc1C(N)=O. The van der Waals surface area contributed by atoms with Gasteiger partial charge in [0.1, 0.15) is 0 Å². The first kappa shape index (κ1) is 14.7. The van der Waals surface area contributed by atoms with Gasteiger partial charge in [-0.15, -0.1) is 0 Å². The minimum Gasteiger partial charge on any atom is -0.490 e. The second-order valence-corrected chi connectivity index (χ2v) is 4.49. The van der Waals surface area contributed by atoms with E-state index in [0.717, 1.165) is 6.42 Å². The molecule has 0 saturated carbocycles. The Labute approximate surface area is 123 Å². The molecule has 4 N–H and O–H groups in total. The van der Waals surface area contributed by atoms with Crippen LogP contribution in [0.1, 0.15) is 23.7 Å². The quantitative estimate of drug-likeness (QED) is 0.799. The summed E-state index contributed by atoms with van der Waals surface area (Å²) in [6.45, 7) is 2.59. The highest BCUT2D eigenvalue weighted by Crippen LogP contribution is 2.36. The van der Waals surface area contributed by atoms with Crippen molar-refractivity contribution in [2.75, 3.05) is 12.3 Å². The molecule has 0 fully saturated rings. The fourth-order valence-electron chi connectivity index (χ4n) is 1.84.